The normalized spacial score (nSPS) is 12.5. The summed E-state index contributed by atoms with van der Waals surface area (Å²) < 4.78 is 37.5. The number of nitrogens with two attached hydrogens (primary N) is 1. The van der Waals surface area contributed by atoms with Crippen molar-refractivity contribution in [2.24, 2.45) is 5.73 Å². The van der Waals surface area contributed by atoms with E-state index in [-0.39, 0.29) is 18.2 Å². The summed E-state index contributed by atoms with van der Waals surface area (Å²) in [7, 11) is 0. The smallest absolute Gasteiger partial charge is 0.180 e. The number of hydrogen-bond acceptors (Lipinski definition) is 4. The van der Waals surface area contributed by atoms with Crippen LogP contribution in [0.15, 0.2) is 42.9 Å². The average Bonchev–Trinajstić information content (AvgIpc) is 3.24. The molecule has 0 aliphatic heterocycles. The molecular weight excluding hydrogens is 388 g/mol. The van der Waals surface area contributed by atoms with Gasteiger partial charge in [0.15, 0.2) is 11.4 Å². The van der Waals surface area contributed by atoms with E-state index in [9.17, 15) is 8.78 Å². The van der Waals surface area contributed by atoms with Gasteiger partial charge in [-0.25, -0.2) is 13.8 Å². The van der Waals surface area contributed by atoms with Gasteiger partial charge < -0.3 is 10.5 Å². The van der Waals surface area contributed by atoms with Crippen LogP contribution in [0, 0.1) is 25.5 Å². The molecule has 0 amide bonds. The fourth-order valence-electron chi connectivity index (χ4n) is 3.51. The van der Waals surface area contributed by atoms with Gasteiger partial charge in [0.25, 0.3) is 0 Å². The highest BCUT2D eigenvalue weighted by molar-refractivity contribution is 5.69. The van der Waals surface area contributed by atoms with Gasteiger partial charge in [0, 0.05) is 24.0 Å². The molecule has 0 fully saturated rings. The third-order valence-corrected chi connectivity index (χ3v) is 4.81. The number of imidazole rings is 1. The van der Waals surface area contributed by atoms with Gasteiger partial charge in [0.1, 0.15) is 18.2 Å². The Morgan fingerprint density at radius 3 is 2.60 bits per heavy atom. The Morgan fingerprint density at radius 2 is 1.90 bits per heavy atom. The van der Waals surface area contributed by atoms with Crippen LogP contribution < -0.4 is 10.5 Å². The van der Waals surface area contributed by atoms with E-state index in [1.54, 1.807) is 10.9 Å². The second kappa shape index (κ2) is 7.87. The van der Waals surface area contributed by atoms with Crippen molar-refractivity contribution in [2.75, 3.05) is 0 Å². The summed E-state index contributed by atoms with van der Waals surface area (Å²) >= 11 is 0. The lowest BCUT2D eigenvalue weighted by atomic mass is 10.2. The van der Waals surface area contributed by atoms with Gasteiger partial charge >= 0.3 is 0 Å². The summed E-state index contributed by atoms with van der Waals surface area (Å²) in [6.07, 6.45) is 5.65. The van der Waals surface area contributed by atoms with Crippen LogP contribution in [-0.4, -0.2) is 25.2 Å². The van der Waals surface area contributed by atoms with Crippen LogP contribution in [-0.2, 0) is 13.2 Å². The maximum absolute atomic E-state index is 14.0. The number of ether oxygens (including phenoxy) is 1. The number of rotatable bonds is 6. The van der Waals surface area contributed by atoms with Gasteiger partial charge in [-0.1, -0.05) is 6.07 Å². The van der Waals surface area contributed by atoms with Crippen LogP contribution in [0.5, 0.6) is 5.75 Å². The first-order valence-corrected chi connectivity index (χ1v) is 9.67. The van der Waals surface area contributed by atoms with E-state index < -0.39 is 11.6 Å². The molecule has 1 atom stereocenters. The third-order valence-electron chi connectivity index (χ3n) is 4.81. The molecule has 1 aromatic carbocycles. The quantitative estimate of drug-likeness (QED) is 0.520. The van der Waals surface area contributed by atoms with E-state index in [0.717, 1.165) is 22.5 Å². The fraction of sp³-hybridized carbons (Fsp3) is 0.273. The Balaban J connectivity index is 1.73. The minimum atomic E-state index is -0.638. The van der Waals surface area contributed by atoms with E-state index in [4.69, 9.17) is 10.5 Å². The van der Waals surface area contributed by atoms with Crippen molar-refractivity contribution < 1.29 is 13.5 Å². The number of fused-ring (bicyclic) bond motifs is 1. The van der Waals surface area contributed by atoms with Crippen LogP contribution >= 0.6 is 0 Å². The first kappa shape index (κ1) is 20.0. The standard InChI is InChI=1S/C22H23F2N5O/c1-13-7-20(30-12-17-18(23)5-4-6-19(17)24)22-27-15(3)21(29(22)9-13)16-8-26-28(11-16)10-14(2)25/h4-9,11,14H,10,12,25H2,1-3H3. The highest BCUT2D eigenvalue weighted by Gasteiger charge is 2.18. The highest BCUT2D eigenvalue weighted by atomic mass is 19.1. The first-order valence-electron chi connectivity index (χ1n) is 9.67. The van der Waals surface area contributed by atoms with Crippen molar-refractivity contribution in [1.82, 2.24) is 19.2 Å². The third kappa shape index (κ3) is 3.78. The molecule has 3 heterocycles. The molecular formula is C22H23F2N5O. The Bertz CT molecular complexity index is 1190. The monoisotopic (exact) mass is 411 g/mol. The van der Waals surface area contributed by atoms with E-state index in [2.05, 4.69) is 10.1 Å². The molecule has 0 spiro atoms. The zero-order valence-electron chi connectivity index (χ0n) is 17.1. The van der Waals surface area contributed by atoms with Gasteiger partial charge in [-0.3, -0.25) is 9.08 Å². The zero-order chi connectivity index (χ0) is 21.4. The van der Waals surface area contributed by atoms with E-state index in [1.807, 2.05) is 43.6 Å². The number of aryl methyl sites for hydroxylation is 2. The second-order valence-electron chi connectivity index (χ2n) is 7.54. The lowest BCUT2D eigenvalue weighted by molar-refractivity contribution is 0.294. The van der Waals surface area contributed by atoms with Crippen molar-refractivity contribution in [1.29, 1.82) is 0 Å². The lowest BCUT2D eigenvalue weighted by Gasteiger charge is -2.11. The molecule has 0 aliphatic carbocycles. The lowest BCUT2D eigenvalue weighted by Crippen LogP contribution is -2.22. The fourth-order valence-corrected chi connectivity index (χ4v) is 3.51. The molecule has 0 saturated heterocycles. The van der Waals surface area contributed by atoms with Crippen molar-refractivity contribution >= 4 is 5.65 Å². The summed E-state index contributed by atoms with van der Waals surface area (Å²) in [5, 5.41) is 4.38. The van der Waals surface area contributed by atoms with Crippen molar-refractivity contribution in [2.45, 2.75) is 40.0 Å². The maximum atomic E-state index is 14.0. The van der Waals surface area contributed by atoms with Crippen molar-refractivity contribution in [3.8, 4) is 17.0 Å². The van der Waals surface area contributed by atoms with Crippen LogP contribution in [0.4, 0.5) is 8.78 Å². The zero-order valence-corrected chi connectivity index (χ0v) is 17.1. The molecule has 8 heteroatoms. The van der Waals surface area contributed by atoms with Gasteiger partial charge in [-0.15, -0.1) is 0 Å². The molecule has 4 rings (SSSR count). The van der Waals surface area contributed by atoms with Gasteiger partial charge in [0.2, 0.25) is 0 Å². The number of nitrogens with zero attached hydrogens (tertiary/aromatic N) is 4. The molecule has 4 aromatic rings. The average molecular weight is 411 g/mol. The van der Waals surface area contributed by atoms with Crippen LogP contribution in [0.2, 0.25) is 0 Å². The summed E-state index contributed by atoms with van der Waals surface area (Å²) in [4.78, 5) is 4.65. The molecule has 30 heavy (non-hydrogen) atoms. The summed E-state index contributed by atoms with van der Waals surface area (Å²) in [5.41, 5.74) is 9.83. The number of halogens is 2. The Morgan fingerprint density at radius 1 is 1.17 bits per heavy atom. The molecule has 0 saturated carbocycles. The van der Waals surface area contributed by atoms with Crippen molar-refractivity contribution in [3.63, 3.8) is 0 Å². The number of benzene rings is 1. The van der Waals surface area contributed by atoms with E-state index in [0.29, 0.717) is 17.9 Å². The predicted octanol–water partition coefficient (Wildman–Crippen LogP) is 4.02. The molecule has 3 aromatic heterocycles. The molecule has 2 N–H and O–H groups in total. The van der Waals surface area contributed by atoms with Crippen LogP contribution in [0.25, 0.3) is 16.9 Å². The SMILES string of the molecule is Cc1cc(OCc2c(F)cccc2F)c2nc(C)c(-c3cnn(CC(C)N)c3)n2c1. The maximum Gasteiger partial charge on any atom is 0.180 e. The number of pyridine rings is 1. The molecule has 0 bridgehead atoms. The second-order valence-corrected chi connectivity index (χ2v) is 7.54. The van der Waals surface area contributed by atoms with E-state index >= 15 is 0 Å². The molecule has 156 valence electrons. The van der Waals surface area contributed by atoms with Gasteiger partial charge in [-0.2, -0.15) is 5.10 Å². The predicted molar refractivity (Wildman–Crippen MR) is 110 cm³/mol. The summed E-state index contributed by atoms with van der Waals surface area (Å²) in [6, 6.07) is 5.55. The van der Waals surface area contributed by atoms with Crippen molar-refractivity contribution in [3.05, 3.63) is 71.3 Å². The Labute approximate surface area is 172 Å². The van der Waals surface area contributed by atoms with Crippen LogP contribution in [0.3, 0.4) is 0 Å². The highest BCUT2D eigenvalue weighted by Crippen LogP contribution is 2.30. The topological polar surface area (TPSA) is 70.4 Å². The molecule has 1 unspecified atom stereocenters. The molecule has 6 nitrogen and oxygen atoms in total. The van der Waals surface area contributed by atoms with Crippen LogP contribution in [0.1, 0.15) is 23.7 Å². The number of hydrogen-bond donors (Lipinski definition) is 1. The first-order chi connectivity index (χ1) is 14.3. The summed E-state index contributed by atoms with van der Waals surface area (Å²) in [6.45, 7) is 6.13. The van der Waals surface area contributed by atoms with E-state index in [1.165, 1.54) is 18.2 Å². The Kier molecular flexibility index (Phi) is 5.26. The Hall–Kier alpha value is -3.26. The minimum absolute atomic E-state index is 0.0120. The molecule has 0 radical (unpaired) electrons. The summed E-state index contributed by atoms with van der Waals surface area (Å²) in [5.74, 6) is -0.823. The number of aromatic nitrogens is 4. The largest absolute Gasteiger partial charge is 0.485 e. The van der Waals surface area contributed by atoms with Gasteiger partial charge in [-0.05, 0) is 44.5 Å². The van der Waals surface area contributed by atoms with Gasteiger partial charge in [0.05, 0.1) is 29.7 Å². The molecule has 0 aliphatic rings. The minimum Gasteiger partial charge on any atom is -0.485 e.